The molecule has 4 aromatic rings. The van der Waals surface area contributed by atoms with Gasteiger partial charge in [0.25, 0.3) is 5.91 Å². The number of aromatic nitrogens is 3. The van der Waals surface area contributed by atoms with Gasteiger partial charge in [-0.15, -0.1) is 0 Å². The predicted molar refractivity (Wildman–Crippen MR) is 125 cm³/mol. The lowest BCUT2D eigenvalue weighted by atomic mass is 9.58. The van der Waals surface area contributed by atoms with Crippen LogP contribution in [0.25, 0.3) is 22.2 Å². The van der Waals surface area contributed by atoms with Crippen molar-refractivity contribution in [1.29, 1.82) is 0 Å². The largest absolute Gasteiger partial charge is 0.345 e. The normalized spacial score (nSPS) is 24.4. The van der Waals surface area contributed by atoms with Crippen LogP contribution in [0.1, 0.15) is 41.8 Å². The van der Waals surface area contributed by atoms with E-state index in [2.05, 4.69) is 64.0 Å². The number of hydrogen-bond donors (Lipinski definition) is 1. The summed E-state index contributed by atoms with van der Waals surface area (Å²) >= 11 is 0. The predicted octanol–water partition coefficient (Wildman–Crippen LogP) is 4.99. The number of carbonyl (C=O) groups is 1. The second kappa shape index (κ2) is 7.02. The molecule has 5 nitrogen and oxygen atoms in total. The Morgan fingerprint density at radius 2 is 1.94 bits per heavy atom. The molecular weight excluding hydrogens is 396 g/mol. The molecule has 0 saturated carbocycles. The molecule has 2 unspecified atom stereocenters. The molecule has 3 heterocycles. The summed E-state index contributed by atoms with van der Waals surface area (Å²) in [4.78, 5) is 27.2. The zero-order chi connectivity index (χ0) is 21.9. The van der Waals surface area contributed by atoms with Crippen LogP contribution in [0.3, 0.4) is 0 Å². The molecule has 2 bridgehead atoms. The van der Waals surface area contributed by atoms with Gasteiger partial charge in [-0.2, -0.15) is 0 Å². The van der Waals surface area contributed by atoms with Crippen molar-refractivity contribution in [3.8, 4) is 11.1 Å². The van der Waals surface area contributed by atoms with Crippen molar-refractivity contribution in [2.24, 2.45) is 5.92 Å². The number of carbonyl (C=O) groups excluding carboxylic acids is 1. The van der Waals surface area contributed by atoms with Gasteiger partial charge in [-0.3, -0.25) is 9.78 Å². The van der Waals surface area contributed by atoms with E-state index in [1.807, 2.05) is 30.6 Å². The minimum atomic E-state index is 0.0609. The Balaban J connectivity index is 1.36. The zero-order valence-electron chi connectivity index (χ0n) is 18.4. The van der Waals surface area contributed by atoms with E-state index in [0.29, 0.717) is 5.92 Å². The average Bonchev–Trinajstić information content (AvgIpc) is 3.29. The summed E-state index contributed by atoms with van der Waals surface area (Å²) < 4.78 is 0. The van der Waals surface area contributed by atoms with Crippen LogP contribution in [0.2, 0.25) is 0 Å². The third-order valence-electron chi connectivity index (χ3n) is 7.95. The smallest absolute Gasteiger partial charge is 0.254 e. The van der Waals surface area contributed by atoms with E-state index in [-0.39, 0.29) is 17.4 Å². The van der Waals surface area contributed by atoms with Crippen molar-refractivity contribution in [2.45, 2.75) is 38.1 Å². The van der Waals surface area contributed by atoms with Crippen LogP contribution in [0, 0.1) is 5.92 Å². The zero-order valence-corrected chi connectivity index (χ0v) is 18.4. The fraction of sp³-hybridized carbons (Fsp3) is 0.296. The number of imidazole rings is 1. The number of fused-ring (bicyclic) bond motifs is 5. The van der Waals surface area contributed by atoms with Crippen LogP contribution in [0.4, 0.5) is 0 Å². The third-order valence-corrected chi connectivity index (χ3v) is 7.95. The Labute approximate surface area is 187 Å². The lowest BCUT2D eigenvalue weighted by Gasteiger charge is -2.54. The standard InChI is InChI=1S/C27H26N4O/c1-17-25-15-20-4-3-19(18-7-10-28-11-8-18)13-22(20)27(17,2)9-12-31(25)26(32)21-5-6-23-24(14-21)30-16-29-23/h3-8,10-11,13-14,16-17,25H,9,12,15H2,1-2H3,(H,29,30)/t17?,25?,27-/m1/s1. The third kappa shape index (κ3) is 2.80. The lowest BCUT2D eigenvalue weighted by molar-refractivity contribution is 0.0251. The van der Waals surface area contributed by atoms with Crippen LogP contribution >= 0.6 is 0 Å². The molecule has 0 spiro atoms. The molecule has 1 saturated heterocycles. The van der Waals surface area contributed by atoms with Crippen LogP contribution in [0.15, 0.2) is 67.3 Å². The summed E-state index contributed by atoms with van der Waals surface area (Å²) in [6, 6.07) is 17.0. The number of piperidine rings is 1. The van der Waals surface area contributed by atoms with E-state index in [0.717, 1.165) is 36.0 Å². The van der Waals surface area contributed by atoms with Crippen LogP contribution < -0.4 is 0 Å². The van der Waals surface area contributed by atoms with Gasteiger partial charge >= 0.3 is 0 Å². The van der Waals surface area contributed by atoms with Crippen LogP contribution in [-0.4, -0.2) is 38.3 Å². The summed E-state index contributed by atoms with van der Waals surface area (Å²) in [6.45, 7) is 5.49. The van der Waals surface area contributed by atoms with E-state index >= 15 is 0 Å². The molecule has 5 heteroatoms. The molecule has 32 heavy (non-hydrogen) atoms. The second-order valence-corrected chi connectivity index (χ2v) is 9.47. The average molecular weight is 423 g/mol. The maximum atomic E-state index is 13.6. The molecule has 1 aliphatic carbocycles. The van der Waals surface area contributed by atoms with Gasteiger partial charge in [0.15, 0.2) is 0 Å². The van der Waals surface area contributed by atoms with Crippen molar-refractivity contribution in [2.75, 3.05) is 6.54 Å². The van der Waals surface area contributed by atoms with Gasteiger partial charge < -0.3 is 9.88 Å². The number of hydrogen-bond acceptors (Lipinski definition) is 3. The van der Waals surface area contributed by atoms with E-state index < -0.39 is 0 Å². The molecule has 0 radical (unpaired) electrons. The number of amides is 1. The molecule has 1 amide bonds. The fourth-order valence-electron chi connectivity index (χ4n) is 5.83. The molecule has 2 aliphatic rings. The van der Waals surface area contributed by atoms with Gasteiger partial charge in [0.2, 0.25) is 0 Å². The highest BCUT2D eigenvalue weighted by Crippen LogP contribution is 2.49. The molecule has 1 fully saturated rings. The Morgan fingerprint density at radius 1 is 1.09 bits per heavy atom. The van der Waals surface area contributed by atoms with Crippen LogP contribution in [0.5, 0.6) is 0 Å². The Morgan fingerprint density at radius 3 is 2.78 bits per heavy atom. The number of aromatic amines is 1. The van der Waals surface area contributed by atoms with Gasteiger partial charge in [0.1, 0.15) is 0 Å². The molecule has 6 rings (SSSR count). The molecule has 1 N–H and O–H groups in total. The van der Waals surface area contributed by atoms with E-state index in [9.17, 15) is 4.79 Å². The van der Waals surface area contributed by atoms with E-state index in [1.54, 1.807) is 6.33 Å². The molecular formula is C27H26N4O. The maximum absolute atomic E-state index is 13.6. The van der Waals surface area contributed by atoms with Gasteiger partial charge in [0.05, 0.1) is 17.4 Å². The monoisotopic (exact) mass is 422 g/mol. The number of benzene rings is 2. The first-order valence-corrected chi connectivity index (χ1v) is 11.3. The van der Waals surface area contributed by atoms with Gasteiger partial charge in [-0.05, 0) is 76.8 Å². The molecule has 160 valence electrons. The summed E-state index contributed by atoms with van der Waals surface area (Å²) in [5.41, 5.74) is 7.84. The van der Waals surface area contributed by atoms with Gasteiger partial charge in [0, 0.05) is 30.5 Å². The van der Waals surface area contributed by atoms with Crippen LogP contribution in [-0.2, 0) is 11.8 Å². The van der Waals surface area contributed by atoms with E-state index in [4.69, 9.17) is 0 Å². The molecule has 2 aromatic heterocycles. The number of pyridine rings is 1. The van der Waals surface area contributed by atoms with Crippen molar-refractivity contribution in [3.63, 3.8) is 0 Å². The minimum absolute atomic E-state index is 0.0609. The first-order valence-electron chi connectivity index (χ1n) is 11.3. The topological polar surface area (TPSA) is 61.9 Å². The van der Waals surface area contributed by atoms with Crippen molar-refractivity contribution in [3.05, 3.63) is 83.9 Å². The second-order valence-electron chi connectivity index (χ2n) is 9.47. The number of nitrogens with zero attached hydrogens (tertiary/aromatic N) is 3. The van der Waals surface area contributed by atoms with Gasteiger partial charge in [-0.25, -0.2) is 4.98 Å². The first kappa shape index (κ1) is 19.2. The SMILES string of the molecule is CC1C2Cc3ccc(-c4ccncc4)cc3[C@]1(C)CCN2C(=O)c1ccc2nc[nH]c2c1. The number of nitrogens with one attached hydrogen (secondary N) is 1. The summed E-state index contributed by atoms with van der Waals surface area (Å²) in [6.07, 6.45) is 7.24. The molecule has 1 aliphatic heterocycles. The maximum Gasteiger partial charge on any atom is 0.254 e. The number of rotatable bonds is 2. The summed E-state index contributed by atoms with van der Waals surface area (Å²) in [5, 5.41) is 0. The van der Waals surface area contributed by atoms with E-state index in [1.165, 1.54) is 22.3 Å². The highest BCUT2D eigenvalue weighted by Gasteiger charge is 2.49. The molecule has 2 aromatic carbocycles. The highest BCUT2D eigenvalue weighted by molar-refractivity contribution is 5.97. The fourth-order valence-corrected chi connectivity index (χ4v) is 5.83. The Hall–Kier alpha value is -3.47. The molecule has 3 atom stereocenters. The van der Waals surface area contributed by atoms with Gasteiger partial charge in [-0.1, -0.05) is 32.0 Å². The van der Waals surface area contributed by atoms with Crippen molar-refractivity contribution in [1.82, 2.24) is 19.9 Å². The van der Waals surface area contributed by atoms with Crippen molar-refractivity contribution >= 4 is 16.9 Å². The quantitative estimate of drug-likeness (QED) is 0.495. The number of likely N-dealkylation sites (tertiary alicyclic amines) is 1. The first-order chi connectivity index (χ1) is 15.5. The summed E-state index contributed by atoms with van der Waals surface area (Å²) in [7, 11) is 0. The number of H-pyrrole nitrogens is 1. The Bertz CT molecular complexity index is 1330. The highest BCUT2D eigenvalue weighted by atomic mass is 16.2. The lowest BCUT2D eigenvalue weighted by Crippen LogP contribution is -2.59. The minimum Gasteiger partial charge on any atom is -0.345 e. The Kier molecular flexibility index (Phi) is 4.22. The summed E-state index contributed by atoms with van der Waals surface area (Å²) in [5.74, 6) is 0.508. The van der Waals surface area contributed by atoms with Crippen molar-refractivity contribution < 1.29 is 4.79 Å².